The quantitative estimate of drug-likeness (QED) is 0.186. The van der Waals surface area contributed by atoms with E-state index in [1.54, 1.807) is 7.11 Å². The van der Waals surface area contributed by atoms with Crippen molar-refractivity contribution in [3.63, 3.8) is 0 Å². The molecule has 2 aliphatic carbocycles. The smallest absolute Gasteiger partial charge is 0.247 e. The number of hydrogen-bond acceptors (Lipinski definition) is 4. The van der Waals surface area contributed by atoms with E-state index < -0.39 is 0 Å². The number of halogens is 1. The summed E-state index contributed by atoms with van der Waals surface area (Å²) >= 11 is 3.47. The minimum Gasteiger partial charge on any atom is -0.493 e. The first kappa shape index (κ1) is 23.3. The standard InChI is InChI=1S/C26H35BrN2O3/c1-31-23-15-14-19(18-24(23)32-17-9-8-16-27)25-21-12-6-7-13-22(21)26(30)29(28-25)20-10-4-2-3-5-11-20/h6-7,14-15,18,20-22H,2-5,8-13,16-17H2,1H3. The predicted molar refractivity (Wildman–Crippen MR) is 132 cm³/mol. The van der Waals surface area contributed by atoms with Crippen LogP contribution in [0.5, 0.6) is 11.5 Å². The Morgan fingerprint density at radius 2 is 1.78 bits per heavy atom. The lowest BCUT2D eigenvalue weighted by Crippen LogP contribution is -2.49. The molecule has 32 heavy (non-hydrogen) atoms. The number of amides is 1. The Balaban J connectivity index is 1.66. The topological polar surface area (TPSA) is 51.1 Å². The molecule has 1 aromatic carbocycles. The first-order valence-corrected chi connectivity index (χ1v) is 13.3. The molecular weight excluding hydrogens is 468 g/mol. The number of methoxy groups -OCH3 is 1. The summed E-state index contributed by atoms with van der Waals surface area (Å²) in [6, 6.07) is 6.32. The number of carbonyl (C=O) groups is 1. The summed E-state index contributed by atoms with van der Waals surface area (Å²) in [6.07, 6.45) is 15.1. The zero-order valence-electron chi connectivity index (χ0n) is 19.1. The maximum Gasteiger partial charge on any atom is 0.247 e. The average Bonchev–Trinajstić information content (AvgIpc) is 3.12. The molecule has 0 saturated heterocycles. The number of unbranched alkanes of at least 4 members (excludes halogenated alkanes) is 1. The SMILES string of the molecule is COc1ccc(C2=NN(C3CCCCCC3)C(=O)C3CC=CCC23)cc1OCCCCBr. The van der Waals surface area contributed by atoms with Gasteiger partial charge in [0.2, 0.25) is 5.91 Å². The molecule has 1 fully saturated rings. The van der Waals surface area contributed by atoms with E-state index in [0.717, 1.165) is 66.6 Å². The fourth-order valence-corrected chi connectivity index (χ4v) is 5.56. The zero-order chi connectivity index (χ0) is 22.3. The van der Waals surface area contributed by atoms with Crippen LogP contribution in [0.4, 0.5) is 0 Å². The largest absolute Gasteiger partial charge is 0.493 e. The molecule has 0 aromatic heterocycles. The zero-order valence-corrected chi connectivity index (χ0v) is 20.7. The number of hydrogen-bond donors (Lipinski definition) is 0. The number of alkyl halides is 1. The number of rotatable bonds is 8. The van der Waals surface area contributed by atoms with Crippen molar-refractivity contribution in [1.82, 2.24) is 5.01 Å². The van der Waals surface area contributed by atoms with Gasteiger partial charge in [0, 0.05) is 16.8 Å². The molecule has 6 heteroatoms. The molecule has 0 N–H and O–H groups in total. The van der Waals surface area contributed by atoms with Gasteiger partial charge in [-0.1, -0.05) is 53.8 Å². The number of nitrogens with zero attached hydrogens (tertiary/aromatic N) is 2. The first-order valence-electron chi connectivity index (χ1n) is 12.2. The molecule has 1 heterocycles. The van der Waals surface area contributed by atoms with E-state index in [1.807, 2.05) is 11.1 Å². The fourth-order valence-electron chi connectivity index (χ4n) is 5.16. The van der Waals surface area contributed by atoms with E-state index >= 15 is 0 Å². The maximum atomic E-state index is 13.5. The van der Waals surface area contributed by atoms with Crippen LogP contribution in [0.15, 0.2) is 35.5 Å². The highest BCUT2D eigenvalue weighted by molar-refractivity contribution is 9.09. The molecule has 0 spiro atoms. The van der Waals surface area contributed by atoms with Crippen molar-refractivity contribution in [2.45, 2.75) is 70.3 Å². The number of ether oxygens (including phenoxy) is 2. The minimum atomic E-state index is -0.0128. The molecule has 0 radical (unpaired) electrons. The number of carbonyl (C=O) groups excluding carboxylic acids is 1. The Kier molecular flexibility index (Phi) is 8.28. The van der Waals surface area contributed by atoms with E-state index in [9.17, 15) is 4.79 Å². The van der Waals surface area contributed by atoms with Crippen LogP contribution in [-0.4, -0.2) is 41.7 Å². The van der Waals surface area contributed by atoms with Crippen LogP contribution in [0.2, 0.25) is 0 Å². The van der Waals surface area contributed by atoms with Gasteiger partial charge in [-0.2, -0.15) is 5.10 Å². The van der Waals surface area contributed by atoms with Crippen LogP contribution in [-0.2, 0) is 4.79 Å². The predicted octanol–water partition coefficient (Wildman–Crippen LogP) is 6.10. The van der Waals surface area contributed by atoms with Gasteiger partial charge in [-0.05, 0) is 56.7 Å². The second-order valence-corrected chi connectivity index (χ2v) is 9.87. The lowest BCUT2D eigenvalue weighted by molar-refractivity contribution is -0.140. The molecule has 2 atom stereocenters. The Hall–Kier alpha value is -1.82. The van der Waals surface area contributed by atoms with Gasteiger partial charge in [0.15, 0.2) is 11.5 Å². The second kappa shape index (κ2) is 11.4. The maximum absolute atomic E-state index is 13.5. The molecule has 1 aliphatic heterocycles. The van der Waals surface area contributed by atoms with E-state index in [-0.39, 0.29) is 23.8 Å². The Morgan fingerprint density at radius 1 is 1.03 bits per heavy atom. The van der Waals surface area contributed by atoms with Crippen molar-refractivity contribution in [3.8, 4) is 11.5 Å². The normalized spacial score (nSPS) is 24.0. The number of allylic oxidation sites excluding steroid dienone is 2. The van der Waals surface area contributed by atoms with Gasteiger partial charge in [0.25, 0.3) is 0 Å². The van der Waals surface area contributed by atoms with Crippen LogP contribution >= 0.6 is 15.9 Å². The van der Waals surface area contributed by atoms with Gasteiger partial charge in [0.05, 0.1) is 31.4 Å². The third-order valence-electron chi connectivity index (χ3n) is 6.96. The van der Waals surface area contributed by atoms with Crippen LogP contribution in [0.3, 0.4) is 0 Å². The summed E-state index contributed by atoms with van der Waals surface area (Å²) in [6.45, 7) is 0.652. The molecule has 4 rings (SSSR count). The van der Waals surface area contributed by atoms with Crippen molar-refractivity contribution >= 4 is 27.5 Å². The number of hydrazone groups is 1. The van der Waals surface area contributed by atoms with Gasteiger partial charge < -0.3 is 9.47 Å². The van der Waals surface area contributed by atoms with Gasteiger partial charge in [-0.15, -0.1) is 0 Å². The van der Waals surface area contributed by atoms with Crippen LogP contribution < -0.4 is 9.47 Å². The van der Waals surface area contributed by atoms with Gasteiger partial charge >= 0.3 is 0 Å². The molecule has 5 nitrogen and oxygen atoms in total. The van der Waals surface area contributed by atoms with Crippen molar-refractivity contribution in [2.24, 2.45) is 16.9 Å². The van der Waals surface area contributed by atoms with Crippen molar-refractivity contribution in [3.05, 3.63) is 35.9 Å². The molecule has 1 aromatic rings. The van der Waals surface area contributed by atoms with Crippen molar-refractivity contribution < 1.29 is 14.3 Å². The lowest BCUT2D eigenvalue weighted by atomic mass is 9.76. The van der Waals surface area contributed by atoms with E-state index in [0.29, 0.717) is 6.61 Å². The fraction of sp³-hybridized carbons (Fsp3) is 0.615. The lowest BCUT2D eigenvalue weighted by Gasteiger charge is -2.40. The van der Waals surface area contributed by atoms with Crippen molar-refractivity contribution in [1.29, 1.82) is 0 Å². The summed E-state index contributed by atoms with van der Waals surface area (Å²) in [7, 11) is 1.67. The molecule has 174 valence electrons. The highest BCUT2D eigenvalue weighted by Crippen LogP contribution is 2.38. The monoisotopic (exact) mass is 502 g/mol. The van der Waals surface area contributed by atoms with E-state index in [1.165, 1.54) is 25.7 Å². The molecular formula is C26H35BrN2O3. The van der Waals surface area contributed by atoms with Gasteiger partial charge in [-0.25, -0.2) is 5.01 Å². The third kappa shape index (κ3) is 5.22. The molecule has 1 amide bonds. The third-order valence-corrected chi connectivity index (χ3v) is 7.52. The highest BCUT2D eigenvalue weighted by atomic mass is 79.9. The Morgan fingerprint density at radius 3 is 2.50 bits per heavy atom. The summed E-state index contributed by atoms with van der Waals surface area (Å²) in [5.41, 5.74) is 2.06. The molecule has 0 bridgehead atoms. The van der Waals surface area contributed by atoms with Crippen LogP contribution in [0.25, 0.3) is 0 Å². The van der Waals surface area contributed by atoms with Crippen LogP contribution in [0, 0.1) is 11.8 Å². The average molecular weight is 503 g/mol. The first-order chi connectivity index (χ1) is 15.7. The summed E-state index contributed by atoms with van der Waals surface area (Å²) in [4.78, 5) is 13.5. The van der Waals surface area contributed by atoms with Crippen LogP contribution in [0.1, 0.15) is 69.8 Å². The summed E-state index contributed by atoms with van der Waals surface area (Å²) in [5, 5.41) is 7.89. The molecule has 3 aliphatic rings. The molecule has 1 saturated carbocycles. The summed E-state index contributed by atoms with van der Waals surface area (Å²) in [5.74, 6) is 1.82. The highest BCUT2D eigenvalue weighted by Gasteiger charge is 2.42. The van der Waals surface area contributed by atoms with E-state index in [4.69, 9.17) is 14.6 Å². The second-order valence-electron chi connectivity index (χ2n) is 9.08. The minimum absolute atomic E-state index is 0.0128. The number of benzene rings is 1. The van der Waals surface area contributed by atoms with Crippen molar-refractivity contribution in [2.75, 3.05) is 19.0 Å². The Labute approximate surface area is 200 Å². The Bertz CT molecular complexity index is 845. The number of fused-ring (bicyclic) bond motifs is 1. The molecule has 2 unspecified atom stereocenters. The van der Waals surface area contributed by atoms with Gasteiger partial charge in [0.1, 0.15) is 0 Å². The van der Waals surface area contributed by atoms with Gasteiger partial charge in [-0.3, -0.25) is 4.79 Å². The summed E-state index contributed by atoms with van der Waals surface area (Å²) < 4.78 is 11.6. The van der Waals surface area contributed by atoms with E-state index in [2.05, 4.69) is 40.2 Å².